The third-order valence-electron chi connectivity index (χ3n) is 1.65. The lowest BCUT2D eigenvalue weighted by Crippen LogP contribution is -2.35. The molecule has 3 heteroatoms. The zero-order valence-electron chi connectivity index (χ0n) is 8.39. The second-order valence-corrected chi connectivity index (χ2v) is 3.11. The van der Waals surface area contributed by atoms with Gasteiger partial charge >= 0.3 is 6.09 Å². The summed E-state index contributed by atoms with van der Waals surface area (Å²) in [4.78, 5) is 11.0. The first-order valence-corrected chi connectivity index (χ1v) is 4.57. The van der Waals surface area contributed by atoms with E-state index in [9.17, 15) is 4.79 Å². The largest absolute Gasteiger partial charge is 0.447 e. The predicted octanol–water partition coefficient (Wildman–Crippen LogP) is 2.31. The number of carbonyl (C=O) groups excluding carboxylic acids is 1. The molecule has 0 atom stereocenters. The lowest BCUT2D eigenvalue weighted by Gasteiger charge is -2.15. The van der Waals surface area contributed by atoms with Crippen LogP contribution in [-0.2, 0) is 4.74 Å². The molecule has 0 radical (unpaired) electrons. The van der Waals surface area contributed by atoms with Crippen LogP contribution >= 0.6 is 0 Å². The van der Waals surface area contributed by atoms with Gasteiger partial charge in [0.15, 0.2) is 0 Å². The highest BCUT2D eigenvalue weighted by Gasteiger charge is 2.09. The van der Waals surface area contributed by atoms with Gasteiger partial charge in [0.25, 0.3) is 0 Å². The van der Waals surface area contributed by atoms with Crippen LogP contribution in [-0.4, -0.2) is 18.2 Å². The first-order chi connectivity index (χ1) is 5.60. The van der Waals surface area contributed by atoms with E-state index < -0.39 is 0 Å². The molecule has 0 heterocycles. The average molecular weight is 173 g/mol. The number of nitrogens with one attached hydrogen (secondary N) is 1. The predicted molar refractivity (Wildman–Crippen MR) is 49.1 cm³/mol. The Morgan fingerprint density at radius 1 is 1.33 bits per heavy atom. The third kappa shape index (κ3) is 4.99. The summed E-state index contributed by atoms with van der Waals surface area (Å²) in [6, 6.07) is 0.247. The Hall–Kier alpha value is -0.730. The maximum Gasteiger partial charge on any atom is 0.407 e. The molecule has 1 N–H and O–H groups in total. The van der Waals surface area contributed by atoms with E-state index in [1.54, 1.807) is 0 Å². The van der Waals surface area contributed by atoms with Crippen LogP contribution in [0.2, 0.25) is 0 Å². The van der Waals surface area contributed by atoms with Crippen LogP contribution in [0, 0.1) is 0 Å². The Balaban J connectivity index is 3.66. The summed E-state index contributed by atoms with van der Waals surface area (Å²) >= 11 is 0. The molecule has 0 bridgehead atoms. The molecule has 0 spiro atoms. The number of amides is 1. The van der Waals surface area contributed by atoms with Gasteiger partial charge in [0, 0.05) is 6.04 Å². The summed E-state index contributed by atoms with van der Waals surface area (Å²) in [5, 5.41) is 2.79. The van der Waals surface area contributed by atoms with Crippen molar-refractivity contribution in [1.29, 1.82) is 0 Å². The summed E-state index contributed by atoms with van der Waals surface area (Å²) in [6.07, 6.45) is 1.55. The summed E-state index contributed by atoms with van der Waals surface area (Å²) in [6.45, 7) is 7.77. The van der Waals surface area contributed by atoms with E-state index in [-0.39, 0.29) is 18.2 Å². The van der Waals surface area contributed by atoms with Crippen molar-refractivity contribution in [2.75, 3.05) is 0 Å². The number of hydrogen-bond acceptors (Lipinski definition) is 2. The molecule has 0 aromatic heterocycles. The van der Waals surface area contributed by atoms with Crippen molar-refractivity contribution in [3.63, 3.8) is 0 Å². The molecule has 0 aromatic carbocycles. The first kappa shape index (κ1) is 11.3. The van der Waals surface area contributed by atoms with Crippen molar-refractivity contribution in [2.45, 2.75) is 52.7 Å². The highest BCUT2D eigenvalue weighted by molar-refractivity contribution is 5.67. The average Bonchev–Trinajstić information content (AvgIpc) is 1.98. The Kier molecular flexibility index (Phi) is 5.51. The normalized spacial score (nSPS) is 10.5. The minimum absolute atomic E-state index is 0.0423. The Bertz CT molecular complexity index is 130. The van der Waals surface area contributed by atoms with Gasteiger partial charge in [0.05, 0.1) is 6.10 Å². The van der Waals surface area contributed by atoms with E-state index in [1.807, 2.05) is 27.7 Å². The summed E-state index contributed by atoms with van der Waals surface area (Å²) in [5.41, 5.74) is 0. The molecule has 12 heavy (non-hydrogen) atoms. The van der Waals surface area contributed by atoms with Crippen LogP contribution in [0.5, 0.6) is 0 Å². The third-order valence-corrected chi connectivity index (χ3v) is 1.65. The summed E-state index contributed by atoms with van der Waals surface area (Å²) < 4.78 is 4.93. The van der Waals surface area contributed by atoms with E-state index in [4.69, 9.17) is 4.74 Å². The zero-order valence-corrected chi connectivity index (χ0v) is 8.39. The van der Waals surface area contributed by atoms with E-state index in [0.717, 1.165) is 12.8 Å². The van der Waals surface area contributed by atoms with Gasteiger partial charge in [-0.1, -0.05) is 13.8 Å². The van der Waals surface area contributed by atoms with Crippen LogP contribution in [0.1, 0.15) is 40.5 Å². The Morgan fingerprint density at radius 3 is 2.17 bits per heavy atom. The molecule has 0 aliphatic carbocycles. The topological polar surface area (TPSA) is 38.3 Å². The minimum atomic E-state index is -0.307. The van der Waals surface area contributed by atoms with Gasteiger partial charge in [-0.05, 0) is 26.7 Å². The fraction of sp³-hybridized carbons (Fsp3) is 0.889. The second kappa shape index (κ2) is 5.86. The highest BCUT2D eigenvalue weighted by atomic mass is 16.6. The van der Waals surface area contributed by atoms with Crippen molar-refractivity contribution in [1.82, 2.24) is 5.32 Å². The fourth-order valence-corrected chi connectivity index (χ4v) is 0.908. The maximum absolute atomic E-state index is 11.0. The summed E-state index contributed by atoms with van der Waals surface area (Å²) in [5.74, 6) is 0. The first-order valence-electron chi connectivity index (χ1n) is 4.57. The molecule has 72 valence electrons. The molecule has 0 saturated carbocycles. The number of carbonyl (C=O) groups is 1. The quantitative estimate of drug-likeness (QED) is 0.708. The van der Waals surface area contributed by atoms with E-state index in [2.05, 4.69) is 5.32 Å². The molecule has 0 unspecified atom stereocenters. The molecular weight excluding hydrogens is 154 g/mol. The van der Waals surface area contributed by atoms with Crippen molar-refractivity contribution in [3.05, 3.63) is 0 Å². The molecule has 0 aliphatic heterocycles. The number of rotatable bonds is 4. The van der Waals surface area contributed by atoms with Crippen LogP contribution in [0.3, 0.4) is 0 Å². The second-order valence-electron chi connectivity index (χ2n) is 3.11. The molecule has 3 nitrogen and oxygen atoms in total. The lowest BCUT2D eigenvalue weighted by molar-refractivity contribution is 0.111. The number of hydrogen-bond donors (Lipinski definition) is 1. The molecule has 1 amide bonds. The van der Waals surface area contributed by atoms with Gasteiger partial charge in [0.2, 0.25) is 0 Å². The monoisotopic (exact) mass is 173 g/mol. The maximum atomic E-state index is 11.0. The van der Waals surface area contributed by atoms with Crippen LogP contribution in [0.25, 0.3) is 0 Å². The summed E-state index contributed by atoms with van der Waals surface area (Å²) in [7, 11) is 0. The molecule has 0 saturated heterocycles. The number of ether oxygens (including phenoxy) is 1. The smallest absolute Gasteiger partial charge is 0.407 e. The minimum Gasteiger partial charge on any atom is -0.447 e. The van der Waals surface area contributed by atoms with Crippen molar-refractivity contribution in [3.8, 4) is 0 Å². The SMILES string of the molecule is CCC(CC)NC(=O)OC(C)C. The molecule has 0 fully saturated rings. The van der Waals surface area contributed by atoms with Gasteiger partial charge in [-0.3, -0.25) is 0 Å². The Morgan fingerprint density at radius 2 is 1.83 bits per heavy atom. The molecule has 0 aromatic rings. The van der Waals surface area contributed by atoms with E-state index in [0.29, 0.717) is 0 Å². The van der Waals surface area contributed by atoms with E-state index >= 15 is 0 Å². The molecule has 0 rings (SSSR count). The molecule has 0 aliphatic rings. The van der Waals surface area contributed by atoms with Crippen molar-refractivity contribution < 1.29 is 9.53 Å². The van der Waals surface area contributed by atoms with Gasteiger partial charge < -0.3 is 10.1 Å². The standard InChI is InChI=1S/C9H19NO2/c1-5-8(6-2)10-9(11)12-7(3)4/h7-8H,5-6H2,1-4H3,(H,10,11). The van der Waals surface area contributed by atoms with Gasteiger partial charge in [-0.25, -0.2) is 4.79 Å². The van der Waals surface area contributed by atoms with E-state index in [1.165, 1.54) is 0 Å². The zero-order chi connectivity index (χ0) is 9.56. The Labute approximate surface area is 74.5 Å². The van der Waals surface area contributed by atoms with Gasteiger partial charge in [0.1, 0.15) is 0 Å². The van der Waals surface area contributed by atoms with Gasteiger partial charge in [-0.15, -0.1) is 0 Å². The van der Waals surface area contributed by atoms with Crippen molar-refractivity contribution >= 4 is 6.09 Å². The highest BCUT2D eigenvalue weighted by Crippen LogP contribution is 1.97. The lowest BCUT2D eigenvalue weighted by atomic mass is 10.2. The molecular formula is C9H19NO2. The van der Waals surface area contributed by atoms with Crippen LogP contribution in [0.15, 0.2) is 0 Å². The van der Waals surface area contributed by atoms with Crippen LogP contribution < -0.4 is 5.32 Å². The van der Waals surface area contributed by atoms with Crippen LogP contribution in [0.4, 0.5) is 4.79 Å². The van der Waals surface area contributed by atoms with Gasteiger partial charge in [-0.2, -0.15) is 0 Å². The fourth-order valence-electron chi connectivity index (χ4n) is 0.908. The van der Waals surface area contributed by atoms with Crippen molar-refractivity contribution in [2.24, 2.45) is 0 Å². The number of alkyl carbamates (subject to hydrolysis) is 1.